The normalized spacial score (nSPS) is 20.2. The van der Waals surface area contributed by atoms with Gasteiger partial charge in [-0.1, -0.05) is 13.8 Å². The van der Waals surface area contributed by atoms with E-state index >= 15 is 0 Å². The standard InChI is InChI=1S/C16H31N3O3/c1-11(2)13(17)14(20)19-8-7-12(10-19)9-18(6)15(21)22-16(3,4)5/h11-13H,7-10,17H2,1-6H3. The third kappa shape index (κ3) is 5.48. The predicted molar refractivity (Wildman–Crippen MR) is 86.4 cm³/mol. The van der Waals surface area contributed by atoms with Gasteiger partial charge in [0.15, 0.2) is 0 Å². The van der Waals surface area contributed by atoms with Gasteiger partial charge in [0.2, 0.25) is 5.91 Å². The number of nitrogens with two attached hydrogens (primary N) is 1. The third-order valence-electron chi connectivity index (χ3n) is 3.84. The molecule has 1 rings (SSSR count). The van der Waals surface area contributed by atoms with Gasteiger partial charge in [0.25, 0.3) is 0 Å². The molecule has 22 heavy (non-hydrogen) atoms. The second-order valence-electron chi connectivity index (χ2n) is 7.57. The first-order valence-electron chi connectivity index (χ1n) is 7.99. The van der Waals surface area contributed by atoms with Crippen LogP contribution in [0.25, 0.3) is 0 Å². The summed E-state index contributed by atoms with van der Waals surface area (Å²) in [6.07, 6.45) is 0.570. The minimum absolute atomic E-state index is 0.0115. The van der Waals surface area contributed by atoms with Gasteiger partial charge in [-0.05, 0) is 39.0 Å². The molecule has 2 N–H and O–H groups in total. The van der Waals surface area contributed by atoms with Crippen molar-refractivity contribution in [2.75, 3.05) is 26.7 Å². The second kappa shape index (κ2) is 7.31. The Labute approximate surface area is 134 Å². The van der Waals surface area contributed by atoms with Crippen molar-refractivity contribution in [3.8, 4) is 0 Å². The van der Waals surface area contributed by atoms with Crippen LogP contribution in [0.5, 0.6) is 0 Å². The average molecular weight is 313 g/mol. The van der Waals surface area contributed by atoms with Gasteiger partial charge in [-0.15, -0.1) is 0 Å². The molecule has 0 radical (unpaired) electrons. The van der Waals surface area contributed by atoms with Crippen molar-refractivity contribution in [1.29, 1.82) is 0 Å². The van der Waals surface area contributed by atoms with Gasteiger partial charge in [0.05, 0.1) is 6.04 Å². The molecule has 0 aromatic heterocycles. The van der Waals surface area contributed by atoms with Gasteiger partial charge in [-0.3, -0.25) is 4.79 Å². The predicted octanol–water partition coefficient (Wildman–Crippen LogP) is 1.69. The molecule has 0 aliphatic carbocycles. The number of rotatable bonds is 4. The number of likely N-dealkylation sites (tertiary alicyclic amines) is 1. The first-order chi connectivity index (χ1) is 10.0. The van der Waals surface area contributed by atoms with Crippen LogP contribution in [0.15, 0.2) is 0 Å². The van der Waals surface area contributed by atoms with Crippen LogP contribution in [-0.4, -0.2) is 60.1 Å². The molecular formula is C16H31N3O3. The van der Waals surface area contributed by atoms with E-state index in [0.717, 1.165) is 6.42 Å². The Morgan fingerprint density at radius 2 is 1.95 bits per heavy atom. The minimum atomic E-state index is -0.493. The van der Waals surface area contributed by atoms with Crippen LogP contribution in [0.1, 0.15) is 41.0 Å². The molecule has 1 aliphatic heterocycles. The lowest BCUT2D eigenvalue weighted by atomic mass is 10.0. The van der Waals surface area contributed by atoms with Crippen molar-refractivity contribution < 1.29 is 14.3 Å². The van der Waals surface area contributed by atoms with E-state index in [2.05, 4.69) is 0 Å². The first-order valence-corrected chi connectivity index (χ1v) is 7.99. The lowest BCUT2D eigenvalue weighted by Crippen LogP contribution is -2.46. The fourth-order valence-corrected chi connectivity index (χ4v) is 2.48. The van der Waals surface area contributed by atoms with Gasteiger partial charge >= 0.3 is 6.09 Å². The average Bonchev–Trinajstić information content (AvgIpc) is 2.83. The van der Waals surface area contributed by atoms with Crippen LogP contribution in [0.3, 0.4) is 0 Å². The van der Waals surface area contributed by atoms with E-state index in [9.17, 15) is 9.59 Å². The zero-order chi connectivity index (χ0) is 17.1. The molecular weight excluding hydrogens is 282 g/mol. The molecule has 1 fully saturated rings. The van der Waals surface area contributed by atoms with Crippen LogP contribution in [0, 0.1) is 11.8 Å². The Morgan fingerprint density at radius 3 is 2.45 bits per heavy atom. The lowest BCUT2D eigenvalue weighted by molar-refractivity contribution is -0.132. The number of carbonyl (C=O) groups excluding carboxylic acids is 2. The number of ether oxygens (including phenoxy) is 1. The first kappa shape index (κ1) is 18.7. The summed E-state index contributed by atoms with van der Waals surface area (Å²) in [5.41, 5.74) is 5.44. The summed E-state index contributed by atoms with van der Waals surface area (Å²) in [4.78, 5) is 27.6. The Morgan fingerprint density at radius 1 is 1.36 bits per heavy atom. The van der Waals surface area contributed by atoms with Gasteiger partial charge in [0, 0.05) is 26.7 Å². The van der Waals surface area contributed by atoms with Crippen LogP contribution in [0.4, 0.5) is 4.79 Å². The van der Waals surface area contributed by atoms with E-state index in [1.807, 2.05) is 39.5 Å². The third-order valence-corrected chi connectivity index (χ3v) is 3.84. The van der Waals surface area contributed by atoms with E-state index in [0.29, 0.717) is 19.6 Å². The van der Waals surface area contributed by atoms with E-state index in [-0.39, 0.29) is 23.8 Å². The van der Waals surface area contributed by atoms with Crippen molar-refractivity contribution in [2.24, 2.45) is 17.6 Å². The molecule has 2 atom stereocenters. The fourth-order valence-electron chi connectivity index (χ4n) is 2.48. The van der Waals surface area contributed by atoms with Crippen LogP contribution >= 0.6 is 0 Å². The molecule has 1 heterocycles. The lowest BCUT2D eigenvalue weighted by Gasteiger charge is -2.27. The molecule has 0 aromatic carbocycles. The maximum Gasteiger partial charge on any atom is 0.410 e. The van der Waals surface area contributed by atoms with Crippen molar-refractivity contribution in [2.45, 2.75) is 52.7 Å². The fraction of sp³-hybridized carbons (Fsp3) is 0.875. The second-order valence-corrected chi connectivity index (χ2v) is 7.57. The summed E-state index contributed by atoms with van der Waals surface area (Å²) in [6, 6.07) is -0.442. The van der Waals surface area contributed by atoms with Crippen molar-refractivity contribution >= 4 is 12.0 Å². The Balaban J connectivity index is 2.47. The molecule has 2 amide bonds. The molecule has 6 nitrogen and oxygen atoms in total. The largest absolute Gasteiger partial charge is 0.444 e. The summed E-state index contributed by atoms with van der Waals surface area (Å²) in [6.45, 7) is 11.4. The summed E-state index contributed by atoms with van der Waals surface area (Å²) >= 11 is 0. The molecule has 128 valence electrons. The number of hydrogen-bond donors (Lipinski definition) is 1. The van der Waals surface area contributed by atoms with Crippen molar-refractivity contribution in [3.05, 3.63) is 0 Å². The highest BCUT2D eigenvalue weighted by Gasteiger charge is 2.32. The van der Waals surface area contributed by atoms with Gasteiger partial charge in [-0.25, -0.2) is 4.79 Å². The molecule has 0 aromatic rings. The number of amides is 2. The van der Waals surface area contributed by atoms with E-state index in [4.69, 9.17) is 10.5 Å². The quantitative estimate of drug-likeness (QED) is 0.857. The summed E-state index contributed by atoms with van der Waals surface area (Å²) < 4.78 is 5.34. The van der Waals surface area contributed by atoms with Crippen molar-refractivity contribution in [1.82, 2.24) is 9.80 Å². The molecule has 0 spiro atoms. The van der Waals surface area contributed by atoms with Crippen LogP contribution < -0.4 is 5.73 Å². The molecule has 0 saturated carbocycles. The summed E-state index contributed by atoms with van der Waals surface area (Å²) in [5.74, 6) is 0.425. The summed E-state index contributed by atoms with van der Waals surface area (Å²) in [7, 11) is 1.73. The van der Waals surface area contributed by atoms with E-state index in [1.54, 1.807) is 11.9 Å². The number of hydrogen-bond acceptors (Lipinski definition) is 4. The summed E-state index contributed by atoms with van der Waals surface area (Å²) in [5, 5.41) is 0. The Kier molecular flexibility index (Phi) is 6.23. The SMILES string of the molecule is CC(C)C(N)C(=O)N1CCC(CN(C)C(=O)OC(C)(C)C)C1. The number of nitrogens with zero attached hydrogens (tertiary/aromatic N) is 2. The molecule has 0 bridgehead atoms. The van der Waals surface area contributed by atoms with Gasteiger partial charge < -0.3 is 20.3 Å². The smallest absolute Gasteiger partial charge is 0.410 e. The maximum atomic E-state index is 12.2. The van der Waals surface area contributed by atoms with Crippen LogP contribution in [-0.2, 0) is 9.53 Å². The molecule has 1 aliphatic rings. The molecule has 1 saturated heterocycles. The molecule has 2 unspecified atom stereocenters. The topological polar surface area (TPSA) is 75.9 Å². The highest BCUT2D eigenvalue weighted by atomic mass is 16.6. The van der Waals surface area contributed by atoms with Gasteiger partial charge in [-0.2, -0.15) is 0 Å². The zero-order valence-corrected chi connectivity index (χ0v) is 14.8. The number of carbonyl (C=O) groups is 2. The zero-order valence-electron chi connectivity index (χ0n) is 14.8. The van der Waals surface area contributed by atoms with Gasteiger partial charge in [0.1, 0.15) is 5.60 Å². The Hall–Kier alpha value is -1.30. The highest BCUT2D eigenvalue weighted by molar-refractivity contribution is 5.82. The Bertz CT molecular complexity index is 404. The van der Waals surface area contributed by atoms with E-state index < -0.39 is 11.6 Å². The highest BCUT2D eigenvalue weighted by Crippen LogP contribution is 2.20. The monoisotopic (exact) mass is 313 g/mol. The maximum absolute atomic E-state index is 12.2. The minimum Gasteiger partial charge on any atom is -0.444 e. The van der Waals surface area contributed by atoms with Crippen molar-refractivity contribution in [3.63, 3.8) is 0 Å². The van der Waals surface area contributed by atoms with Crippen LogP contribution in [0.2, 0.25) is 0 Å². The molecule has 6 heteroatoms. The van der Waals surface area contributed by atoms with E-state index in [1.165, 1.54) is 0 Å².